The van der Waals surface area contributed by atoms with E-state index >= 15 is 0 Å². The molecule has 2 heterocycles. The number of benzene rings is 3. The summed E-state index contributed by atoms with van der Waals surface area (Å²) < 4.78 is 34.4. The highest BCUT2D eigenvalue weighted by molar-refractivity contribution is 5.98. The first-order valence-corrected chi connectivity index (χ1v) is 11.1. The summed E-state index contributed by atoms with van der Waals surface area (Å²) in [6.45, 7) is 3.94. The summed E-state index contributed by atoms with van der Waals surface area (Å²) in [4.78, 5) is 12.6. The van der Waals surface area contributed by atoms with E-state index in [9.17, 15) is 9.90 Å². The van der Waals surface area contributed by atoms with Gasteiger partial charge in [-0.1, -0.05) is 6.07 Å². The number of aliphatic carboxylic acids is 1. The highest BCUT2D eigenvalue weighted by Gasteiger charge is 2.37. The third-order valence-electron chi connectivity index (χ3n) is 5.53. The van der Waals surface area contributed by atoms with E-state index in [1.54, 1.807) is 67.8 Å². The molecule has 0 amide bonds. The molecule has 0 fully saturated rings. The number of hydrogen-bond acceptors (Lipinski definition) is 7. The second-order valence-electron chi connectivity index (χ2n) is 8.26. The monoisotopic (exact) mass is 476 g/mol. The van der Waals surface area contributed by atoms with Crippen molar-refractivity contribution in [1.82, 2.24) is 0 Å². The van der Waals surface area contributed by atoms with Gasteiger partial charge in [-0.2, -0.15) is 0 Å². The van der Waals surface area contributed by atoms with E-state index < -0.39 is 12.1 Å². The van der Waals surface area contributed by atoms with Crippen LogP contribution in [0.3, 0.4) is 0 Å². The summed E-state index contributed by atoms with van der Waals surface area (Å²) in [6, 6.07) is 17.4. The minimum Gasteiger partial charge on any atom is -0.497 e. The SMILES string of the molecule is COc1ccc(OC2=C(C(=O)O)C(c3ccc4c(c3)OCO4)Oc3ccc(OC(C)C)cc32)cc1. The highest BCUT2D eigenvalue weighted by Crippen LogP contribution is 2.46. The lowest BCUT2D eigenvalue weighted by Gasteiger charge is -2.30. The van der Waals surface area contributed by atoms with Crippen LogP contribution in [0.15, 0.2) is 66.2 Å². The third kappa shape index (κ3) is 4.42. The molecular formula is C27H24O8. The molecule has 0 spiro atoms. The molecule has 1 N–H and O–H groups in total. The van der Waals surface area contributed by atoms with Crippen LogP contribution in [0.5, 0.6) is 34.5 Å². The number of carboxylic acids is 1. The zero-order valence-electron chi connectivity index (χ0n) is 19.4. The number of rotatable bonds is 7. The van der Waals surface area contributed by atoms with Crippen LogP contribution in [-0.4, -0.2) is 31.1 Å². The minimum atomic E-state index is -1.17. The normalized spacial score (nSPS) is 15.9. The Hall–Kier alpha value is -4.33. The molecular weight excluding hydrogens is 452 g/mol. The molecule has 5 rings (SSSR count). The fourth-order valence-electron chi connectivity index (χ4n) is 3.98. The van der Waals surface area contributed by atoms with Crippen LogP contribution in [0.2, 0.25) is 0 Å². The maximum atomic E-state index is 12.6. The van der Waals surface area contributed by atoms with Gasteiger partial charge < -0.3 is 33.5 Å². The van der Waals surface area contributed by atoms with Crippen LogP contribution in [0.25, 0.3) is 5.76 Å². The second-order valence-corrected chi connectivity index (χ2v) is 8.26. The summed E-state index contributed by atoms with van der Waals surface area (Å²) >= 11 is 0. The van der Waals surface area contributed by atoms with Crippen molar-refractivity contribution in [2.75, 3.05) is 13.9 Å². The summed E-state index contributed by atoms with van der Waals surface area (Å²) in [5, 5.41) is 10.3. The number of hydrogen-bond donors (Lipinski definition) is 1. The summed E-state index contributed by atoms with van der Waals surface area (Å²) in [6.07, 6.45) is -1.01. The van der Waals surface area contributed by atoms with E-state index in [4.69, 9.17) is 28.4 Å². The maximum Gasteiger partial charge on any atom is 0.339 e. The Kier molecular flexibility index (Phi) is 5.86. The molecule has 3 aromatic carbocycles. The molecule has 0 radical (unpaired) electrons. The number of carboxylic acid groups (broad SMARTS) is 1. The van der Waals surface area contributed by atoms with Crippen molar-refractivity contribution in [2.45, 2.75) is 26.1 Å². The zero-order chi connectivity index (χ0) is 24.5. The summed E-state index contributed by atoms with van der Waals surface area (Å²) in [5.74, 6) is 2.27. The predicted molar refractivity (Wildman–Crippen MR) is 126 cm³/mol. The van der Waals surface area contributed by atoms with Crippen molar-refractivity contribution in [2.24, 2.45) is 0 Å². The maximum absolute atomic E-state index is 12.6. The van der Waals surface area contributed by atoms with Gasteiger partial charge in [-0.05, 0) is 68.4 Å². The first-order valence-electron chi connectivity index (χ1n) is 11.1. The Morgan fingerprint density at radius 2 is 1.60 bits per heavy atom. The van der Waals surface area contributed by atoms with Gasteiger partial charge in [-0.25, -0.2) is 4.79 Å². The Bertz CT molecular complexity index is 1290. The molecule has 8 heteroatoms. The number of ether oxygens (including phenoxy) is 6. The average Bonchev–Trinajstić information content (AvgIpc) is 3.32. The second kappa shape index (κ2) is 9.13. The van der Waals surface area contributed by atoms with Crippen LogP contribution in [-0.2, 0) is 4.79 Å². The highest BCUT2D eigenvalue weighted by atomic mass is 16.7. The van der Waals surface area contributed by atoms with Gasteiger partial charge in [0.15, 0.2) is 23.4 Å². The average molecular weight is 476 g/mol. The zero-order valence-corrected chi connectivity index (χ0v) is 19.4. The molecule has 0 saturated heterocycles. The number of methoxy groups -OCH3 is 1. The molecule has 2 aliphatic rings. The Balaban J connectivity index is 1.65. The molecule has 180 valence electrons. The van der Waals surface area contributed by atoms with Gasteiger partial charge in [-0.3, -0.25) is 0 Å². The summed E-state index contributed by atoms with van der Waals surface area (Å²) in [5.41, 5.74) is 1.03. The fraction of sp³-hybridized carbons (Fsp3) is 0.222. The molecule has 2 aliphatic heterocycles. The fourth-order valence-corrected chi connectivity index (χ4v) is 3.98. The molecule has 1 atom stereocenters. The van der Waals surface area contributed by atoms with Gasteiger partial charge in [0.05, 0.1) is 18.8 Å². The molecule has 8 nitrogen and oxygen atoms in total. The Morgan fingerprint density at radius 3 is 2.31 bits per heavy atom. The lowest BCUT2D eigenvalue weighted by molar-refractivity contribution is -0.133. The van der Waals surface area contributed by atoms with Gasteiger partial charge >= 0.3 is 5.97 Å². The van der Waals surface area contributed by atoms with Crippen molar-refractivity contribution < 1.29 is 38.3 Å². The summed E-state index contributed by atoms with van der Waals surface area (Å²) in [7, 11) is 1.57. The van der Waals surface area contributed by atoms with Crippen LogP contribution >= 0.6 is 0 Å². The van der Waals surface area contributed by atoms with Crippen molar-refractivity contribution in [3.8, 4) is 34.5 Å². The van der Waals surface area contributed by atoms with E-state index in [0.717, 1.165) is 0 Å². The van der Waals surface area contributed by atoms with Crippen molar-refractivity contribution >= 4 is 11.7 Å². The molecule has 35 heavy (non-hydrogen) atoms. The van der Waals surface area contributed by atoms with Gasteiger partial charge in [0.25, 0.3) is 0 Å². The smallest absolute Gasteiger partial charge is 0.339 e. The van der Waals surface area contributed by atoms with Crippen LogP contribution in [0.1, 0.15) is 31.1 Å². The molecule has 1 unspecified atom stereocenters. The van der Waals surface area contributed by atoms with E-state index in [1.807, 2.05) is 13.8 Å². The standard InChI is InChI=1S/C27H24O8/c1-15(2)33-19-9-11-21-20(13-19)26(34-18-7-5-17(30-3)6-8-18)24(27(28)29)25(35-21)16-4-10-22-23(12-16)32-14-31-22/h4-13,15,25H,14H2,1-3H3,(H,28,29). The van der Waals surface area contributed by atoms with Gasteiger partial charge in [-0.15, -0.1) is 0 Å². The lowest BCUT2D eigenvalue weighted by Crippen LogP contribution is -2.24. The molecule has 0 aliphatic carbocycles. The number of fused-ring (bicyclic) bond motifs is 2. The third-order valence-corrected chi connectivity index (χ3v) is 5.53. The lowest BCUT2D eigenvalue weighted by atomic mass is 9.94. The molecule has 0 bridgehead atoms. The van der Waals surface area contributed by atoms with E-state index in [2.05, 4.69) is 0 Å². The number of carbonyl (C=O) groups is 1. The van der Waals surface area contributed by atoms with E-state index in [0.29, 0.717) is 45.6 Å². The first kappa shape index (κ1) is 22.5. The quantitative estimate of drug-likeness (QED) is 0.496. The molecule has 3 aromatic rings. The van der Waals surface area contributed by atoms with Crippen molar-refractivity contribution in [1.29, 1.82) is 0 Å². The largest absolute Gasteiger partial charge is 0.497 e. The van der Waals surface area contributed by atoms with Crippen molar-refractivity contribution in [3.63, 3.8) is 0 Å². The Morgan fingerprint density at radius 1 is 0.914 bits per heavy atom. The van der Waals surface area contributed by atoms with Crippen LogP contribution in [0.4, 0.5) is 0 Å². The predicted octanol–water partition coefficient (Wildman–Crippen LogP) is 5.22. The first-order chi connectivity index (χ1) is 16.9. The van der Waals surface area contributed by atoms with E-state index in [-0.39, 0.29) is 24.2 Å². The molecule has 0 aromatic heterocycles. The van der Waals surface area contributed by atoms with Crippen molar-refractivity contribution in [3.05, 3.63) is 77.4 Å². The minimum absolute atomic E-state index is 0.0473. The van der Waals surface area contributed by atoms with Gasteiger partial charge in [0.2, 0.25) is 6.79 Å². The van der Waals surface area contributed by atoms with Gasteiger partial charge in [0.1, 0.15) is 28.6 Å². The van der Waals surface area contributed by atoms with Crippen LogP contribution < -0.4 is 28.4 Å². The van der Waals surface area contributed by atoms with Crippen LogP contribution in [0, 0.1) is 0 Å². The van der Waals surface area contributed by atoms with Gasteiger partial charge in [0, 0.05) is 5.56 Å². The Labute approximate surface area is 202 Å². The molecule has 0 saturated carbocycles. The van der Waals surface area contributed by atoms with E-state index in [1.165, 1.54) is 0 Å². The topological polar surface area (TPSA) is 92.7 Å².